The molecule has 0 fully saturated rings. The van der Waals surface area contributed by atoms with Gasteiger partial charge in [-0.05, 0) is 29.3 Å². The highest BCUT2D eigenvalue weighted by Gasteiger charge is 2.07. The van der Waals surface area contributed by atoms with Crippen LogP contribution in [0.25, 0.3) is 0 Å². The minimum absolute atomic E-state index is 0.0248. The Morgan fingerprint density at radius 3 is 2.46 bits per heavy atom. The molecule has 0 saturated carbocycles. The highest BCUT2D eigenvalue weighted by atomic mass is 16.5. The van der Waals surface area contributed by atoms with Gasteiger partial charge in [-0.3, -0.25) is 15.2 Å². The Morgan fingerprint density at radius 1 is 1.00 bits per heavy atom. The summed E-state index contributed by atoms with van der Waals surface area (Å²) < 4.78 is 5.71. The molecule has 0 atom stereocenters. The number of para-hydroxylation sites is 1. The van der Waals surface area contributed by atoms with Gasteiger partial charge in [-0.2, -0.15) is 0 Å². The van der Waals surface area contributed by atoms with E-state index in [4.69, 9.17) is 4.74 Å². The summed E-state index contributed by atoms with van der Waals surface area (Å²) in [4.78, 5) is 12.0. The van der Waals surface area contributed by atoms with Gasteiger partial charge >= 0.3 is 0 Å². The third-order valence-electron chi connectivity index (χ3n) is 3.62. The predicted molar refractivity (Wildman–Crippen MR) is 94.0 cm³/mol. The molecule has 4 nitrogen and oxygen atoms in total. The number of allylic oxidation sites excluding steroid dienone is 2. The van der Waals surface area contributed by atoms with Crippen molar-refractivity contribution in [3.63, 3.8) is 0 Å². The smallest absolute Gasteiger partial charge is 0.242 e. The second-order valence-corrected chi connectivity index (χ2v) is 5.55. The summed E-state index contributed by atoms with van der Waals surface area (Å²) in [6, 6.07) is 17.7. The first-order valence-corrected chi connectivity index (χ1v) is 7.95. The predicted octanol–water partition coefficient (Wildman–Crippen LogP) is 3.22. The van der Waals surface area contributed by atoms with Crippen molar-refractivity contribution in [1.29, 1.82) is 0 Å². The summed E-state index contributed by atoms with van der Waals surface area (Å²) in [7, 11) is 0. The fourth-order valence-corrected chi connectivity index (χ4v) is 2.37. The standard InChI is InChI=1S/C20H20N2O2/c23-20(21-22-13-5-2-6-14-22)15-17-9-11-18(12-10-17)16-24-19-7-3-1-4-8-19/h1-13H,14-16H2,(H,21,23). The monoisotopic (exact) mass is 320 g/mol. The molecule has 24 heavy (non-hydrogen) atoms. The van der Waals surface area contributed by atoms with Crippen LogP contribution in [0.2, 0.25) is 0 Å². The summed E-state index contributed by atoms with van der Waals surface area (Å²) in [6.45, 7) is 1.21. The number of nitrogens with zero attached hydrogens (tertiary/aromatic N) is 1. The van der Waals surface area contributed by atoms with Gasteiger partial charge in [-0.1, -0.05) is 54.6 Å². The van der Waals surface area contributed by atoms with Crippen LogP contribution in [0.1, 0.15) is 11.1 Å². The summed E-state index contributed by atoms with van der Waals surface area (Å²) in [5.41, 5.74) is 4.92. The summed E-state index contributed by atoms with van der Waals surface area (Å²) in [5, 5.41) is 1.77. The Bertz CT molecular complexity index is 721. The van der Waals surface area contributed by atoms with Gasteiger partial charge in [-0.15, -0.1) is 0 Å². The van der Waals surface area contributed by atoms with Gasteiger partial charge in [0.25, 0.3) is 0 Å². The first-order chi connectivity index (χ1) is 11.8. The van der Waals surface area contributed by atoms with Crippen LogP contribution in [0.3, 0.4) is 0 Å². The topological polar surface area (TPSA) is 41.6 Å². The van der Waals surface area contributed by atoms with Crippen molar-refractivity contribution in [3.05, 3.63) is 90.2 Å². The van der Waals surface area contributed by atoms with E-state index in [0.717, 1.165) is 16.9 Å². The van der Waals surface area contributed by atoms with Crippen LogP contribution in [0.15, 0.2) is 79.0 Å². The van der Waals surface area contributed by atoms with Crippen LogP contribution in [-0.2, 0) is 17.8 Å². The fraction of sp³-hybridized carbons (Fsp3) is 0.150. The van der Waals surface area contributed by atoms with Crippen LogP contribution < -0.4 is 10.2 Å². The van der Waals surface area contributed by atoms with Crippen molar-refractivity contribution in [1.82, 2.24) is 10.4 Å². The van der Waals surface area contributed by atoms with Crippen LogP contribution in [0, 0.1) is 0 Å². The molecule has 122 valence electrons. The number of benzene rings is 2. The number of amides is 1. The molecule has 0 spiro atoms. The minimum Gasteiger partial charge on any atom is -0.489 e. The van der Waals surface area contributed by atoms with Gasteiger partial charge in [-0.25, -0.2) is 0 Å². The highest BCUT2D eigenvalue weighted by molar-refractivity contribution is 5.78. The summed E-state index contributed by atoms with van der Waals surface area (Å²) in [5.74, 6) is 0.827. The zero-order valence-corrected chi connectivity index (χ0v) is 13.4. The number of carbonyl (C=O) groups is 1. The van der Waals surface area contributed by atoms with Crippen LogP contribution in [-0.4, -0.2) is 17.5 Å². The van der Waals surface area contributed by atoms with E-state index >= 15 is 0 Å². The van der Waals surface area contributed by atoms with E-state index in [1.165, 1.54) is 0 Å². The molecule has 2 aromatic carbocycles. The maximum Gasteiger partial charge on any atom is 0.242 e. The molecule has 1 amide bonds. The quantitative estimate of drug-likeness (QED) is 0.888. The summed E-state index contributed by atoms with van der Waals surface area (Å²) in [6.07, 6.45) is 8.04. The molecule has 0 saturated heterocycles. The molecule has 0 aromatic heterocycles. The van der Waals surface area contributed by atoms with E-state index in [0.29, 0.717) is 19.6 Å². The number of hydrogen-bond donors (Lipinski definition) is 1. The second-order valence-electron chi connectivity index (χ2n) is 5.55. The molecule has 1 aliphatic rings. The van der Waals surface area contributed by atoms with Gasteiger partial charge in [0.1, 0.15) is 12.4 Å². The molecule has 4 heteroatoms. The van der Waals surface area contributed by atoms with Crippen LogP contribution in [0.5, 0.6) is 5.75 Å². The van der Waals surface area contributed by atoms with Gasteiger partial charge in [0.2, 0.25) is 5.91 Å². The van der Waals surface area contributed by atoms with E-state index < -0.39 is 0 Å². The summed E-state index contributed by atoms with van der Waals surface area (Å²) >= 11 is 0. The zero-order chi connectivity index (χ0) is 16.6. The van der Waals surface area contributed by atoms with Crippen molar-refractivity contribution in [2.75, 3.05) is 6.54 Å². The van der Waals surface area contributed by atoms with Gasteiger partial charge in [0.15, 0.2) is 0 Å². The highest BCUT2D eigenvalue weighted by Crippen LogP contribution is 2.12. The fourth-order valence-electron chi connectivity index (χ4n) is 2.37. The Hall–Kier alpha value is -3.01. The molecule has 1 N–H and O–H groups in total. The van der Waals surface area contributed by atoms with Crippen molar-refractivity contribution in [2.45, 2.75) is 13.0 Å². The normalized spacial score (nSPS) is 12.9. The zero-order valence-electron chi connectivity index (χ0n) is 13.4. The van der Waals surface area contributed by atoms with E-state index in [2.05, 4.69) is 5.43 Å². The van der Waals surface area contributed by atoms with Crippen molar-refractivity contribution in [3.8, 4) is 5.75 Å². The van der Waals surface area contributed by atoms with E-state index in [1.807, 2.05) is 79.0 Å². The lowest BCUT2D eigenvalue weighted by atomic mass is 10.1. The Labute approximate surface area is 142 Å². The third-order valence-corrected chi connectivity index (χ3v) is 3.62. The number of ether oxygens (including phenoxy) is 1. The van der Waals surface area contributed by atoms with Gasteiger partial charge in [0.05, 0.1) is 13.0 Å². The van der Waals surface area contributed by atoms with Crippen molar-refractivity contribution < 1.29 is 9.53 Å². The first-order valence-electron chi connectivity index (χ1n) is 7.95. The van der Waals surface area contributed by atoms with Crippen molar-refractivity contribution >= 4 is 5.91 Å². The second kappa shape index (κ2) is 8.02. The number of hydrogen-bond acceptors (Lipinski definition) is 3. The first kappa shape index (κ1) is 15.9. The van der Waals surface area contributed by atoms with Crippen LogP contribution in [0.4, 0.5) is 0 Å². The molecule has 3 rings (SSSR count). The minimum atomic E-state index is -0.0248. The number of carbonyl (C=O) groups excluding carboxylic acids is 1. The lowest BCUT2D eigenvalue weighted by Crippen LogP contribution is -2.40. The van der Waals surface area contributed by atoms with Gasteiger partial charge in [0, 0.05) is 6.20 Å². The molecule has 2 aromatic rings. The Balaban J connectivity index is 1.48. The average molecular weight is 320 g/mol. The van der Waals surface area contributed by atoms with Crippen LogP contribution >= 0.6 is 0 Å². The van der Waals surface area contributed by atoms with Gasteiger partial charge < -0.3 is 4.74 Å². The number of nitrogens with one attached hydrogen (secondary N) is 1. The maximum absolute atomic E-state index is 12.0. The Morgan fingerprint density at radius 2 is 1.75 bits per heavy atom. The molecule has 0 radical (unpaired) electrons. The molecule has 0 bridgehead atoms. The molecule has 1 aliphatic heterocycles. The van der Waals surface area contributed by atoms with Crippen molar-refractivity contribution in [2.24, 2.45) is 0 Å². The Kier molecular flexibility index (Phi) is 5.30. The largest absolute Gasteiger partial charge is 0.489 e. The maximum atomic E-state index is 12.0. The van der Waals surface area contributed by atoms with E-state index in [-0.39, 0.29) is 5.91 Å². The SMILES string of the molecule is O=C(Cc1ccc(COc2ccccc2)cc1)NN1C=CC=CC1. The molecule has 0 aliphatic carbocycles. The molecular weight excluding hydrogens is 300 g/mol. The van der Waals surface area contributed by atoms with E-state index in [1.54, 1.807) is 5.01 Å². The molecule has 0 unspecified atom stereocenters. The van der Waals surface area contributed by atoms with E-state index in [9.17, 15) is 4.79 Å². The number of rotatable bonds is 6. The lowest BCUT2D eigenvalue weighted by molar-refractivity contribution is -0.124. The lowest BCUT2D eigenvalue weighted by Gasteiger charge is -2.21. The third kappa shape index (κ3) is 4.74. The number of hydrazine groups is 1. The molecule has 1 heterocycles. The molecular formula is C20H20N2O2. The average Bonchev–Trinajstić information content (AvgIpc) is 2.63.